The largest absolute Gasteiger partial charge is 0.504 e. The number of nitrogen functional groups attached to an aromatic ring is 1. The molecule has 0 spiro atoms. The van der Waals surface area contributed by atoms with Crippen LogP contribution in [0.15, 0.2) is 52.4 Å². The summed E-state index contributed by atoms with van der Waals surface area (Å²) in [5, 5.41) is 17.5. The number of nitrogens with two attached hydrogens (primary N) is 1. The van der Waals surface area contributed by atoms with Crippen molar-refractivity contribution in [2.45, 2.75) is 6.42 Å². The van der Waals surface area contributed by atoms with Gasteiger partial charge in [0.05, 0.1) is 6.54 Å². The van der Waals surface area contributed by atoms with Crippen molar-refractivity contribution >= 4 is 23.7 Å². The number of carbonyl (C=O) groups is 1. The van der Waals surface area contributed by atoms with Gasteiger partial charge >= 0.3 is 6.02 Å². The number of nitrogens with zero attached hydrogens (tertiary/aromatic N) is 3. The Bertz CT molecular complexity index is 1010. The van der Waals surface area contributed by atoms with Crippen LogP contribution in [0.2, 0.25) is 0 Å². The monoisotopic (exact) mass is 395 g/mol. The van der Waals surface area contributed by atoms with Crippen LogP contribution in [0.4, 0.5) is 0 Å². The second kappa shape index (κ2) is 8.42. The lowest BCUT2D eigenvalue weighted by Crippen LogP contribution is -2.22. The van der Waals surface area contributed by atoms with Crippen molar-refractivity contribution in [3.05, 3.63) is 53.6 Å². The number of amidine groups is 2. The lowest BCUT2D eigenvalue weighted by molar-refractivity contribution is 0.0827. The number of aromatic hydroxyl groups is 1. The van der Waals surface area contributed by atoms with Crippen molar-refractivity contribution in [1.29, 1.82) is 5.41 Å². The third-order valence-corrected chi connectivity index (χ3v) is 3.99. The van der Waals surface area contributed by atoms with Gasteiger partial charge in [-0.2, -0.15) is 4.99 Å². The number of ether oxygens (including phenoxy) is 2. The van der Waals surface area contributed by atoms with E-state index >= 15 is 0 Å². The van der Waals surface area contributed by atoms with Gasteiger partial charge < -0.3 is 25.2 Å². The highest BCUT2D eigenvalue weighted by atomic mass is 16.5. The van der Waals surface area contributed by atoms with E-state index in [2.05, 4.69) is 9.98 Å². The Kier molecular flexibility index (Phi) is 5.77. The first kappa shape index (κ1) is 19.9. The van der Waals surface area contributed by atoms with Gasteiger partial charge in [0.15, 0.2) is 11.5 Å². The number of aliphatic imine (C=N–C) groups is 2. The number of hydrogen-bond donors (Lipinski definition) is 3. The number of carbonyl (C=O) groups excluding carboxylic acids is 1. The second-order valence-electron chi connectivity index (χ2n) is 6.45. The molecule has 0 saturated carbocycles. The molecule has 0 radical (unpaired) electrons. The van der Waals surface area contributed by atoms with Crippen LogP contribution in [0, 0.1) is 5.41 Å². The maximum Gasteiger partial charge on any atom is 0.320 e. The summed E-state index contributed by atoms with van der Waals surface area (Å²) in [6, 6.07) is 11.1. The van der Waals surface area contributed by atoms with Gasteiger partial charge in [0.2, 0.25) is 5.90 Å². The zero-order valence-corrected chi connectivity index (χ0v) is 16.0. The molecule has 29 heavy (non-hydrogen) atoms. The number of phenolic OH excluding ortho intramolecular Hbond substituents is 1. The number of amides is 1. The number of benzene rings is 2. The van der Waals surface area contributed by atoms with Crippen LogP contribution in [0.25, 0.3) is 0 Å². The number of phenols is 1. The highest BCUT2D eigenvalue weighted by molar-refractivity contribution is 5.97. The first-order valence-electron chi connectivity index (χ1n) is 8.80. The summed E-state index contributed by atoms with van der Waals surface area (Å²) in [5.41, 5.74) is 6.37. The summed E-state index contributed by atoms with van der Waals surface area (Å²) < 4.78 is 11.3. The fraction of sp³-hybridized carbons (Fsp3) is 0.200. The van der Waals surface area contributed by atoms with E-state index in [1.54, 1.807) is 38.4 Å². The molecular formula is C20H21N5O4. The SMILES string of the molecule is CN(C)C(=O)c1cccc(OC2=NC(Oc3cc(C(=N)N)ccc3O)=NCC2)c1. The van der Waals surface area contributed by atoms with Crippen LogP contribution in [0.5, 0.6) is 17.2 Å². The predicted molar refractivity (Wildman–Crippen MR) is 109 cm³/mol. The Labute approximate surface area is 167 Å². The highest BCUT2D eigenvalue weighted by Gasteiger charge is 2.16. The van der Waals surface area contributed by atoms with E-state index in [1.165, 1.54) is 23.1 Å². The Hall–Kier alpha value is -3.88. The third kappa shape index (κ3) is 4.89. The van der Waals surface area contributed by atoms with Crippen molar-refractivity contribution in [3.8, 4) is 17.2 Å². The highest BCUT2D eigenvalue weighted by Crippen LogP contribution is 2.27. The molecule has 0 aromatic heterocycles. The molecule has 1 aliphatic rings. The quantitative estimate of drug-likeness (QED) is 0.538. The summed E-state index contributed by atoms with van der Waals surface area (Å²) in [7, 11) is 3.36. The number of hydrogen-bond acceptors (Lipinski definition) is 7. The Morgan fingerprint density at radius 1 is 1.17 bits per heavy atom. The molecule has 2 aromatic rings. The van der Waals surface area contributed by atoms with E-state index in [0.717, 1.165) is 0 Å². The van der Waals surface area contributed by atoms with E-state index in [4.69, 9.17) is 20.6 Å². The number of rotatable bonds is 4. The van der Waals surface area contributed by atoms with E-state index in [-0.39, 0.29) is 29.3 Å². The normalized spacial score (nSPS) is 13.2. The van der Waals surface area contributed by atoms with Gasteiger partial charge in [-0.25, -0.2) is 4.99 Å². The molecule has 0 atom stereocenters. The van der Waals surface area contributed by atoms with Crippen molar-refractivity contribution in [2.75, 3.05) is 20.6 Å². The van der Waals surface area contributed by atoms with Crippen LogP contribution in [0.3, 0.4) is 0 Å². The molecule has 3 rings (SSSR count). The maximum absolute atomic E-state index is 12.1. The Morgan fingerprint density at radius 2 is 1.97 bits per heavy atom. The van der Waals surface area contributed by atoms with Crippen LogP contribution in [-0.2, 0) is 0 Å². The van der Waals surface area contributed by atoms with Gasteiger partial charge in [0, 0.05) is 31.6 Å². The Balaban J connectivity index is 1.76. The molecule has 150 valence electrons. The fourth-order valence-electron chi connectivity index (χ4n) is 2.52. The first-order chi connectivity index (χ1) is 13.8. The molecule has 1 aliphatic heterocycles. The van der Waals surface area contributed by atoms with Crippen molar-refractivity contribution < 1.29 is 19.4 Å². The smallest absolute Gasteiger partial charge is 0.320 e. The van der Waals surface area contributed by atoms with Crippen LogP contribution < -0.4 is 15.2 Å². The van der Waals surface area contributed by atoms with Gasteiger partial charge in [0.25, 0.3) is 5.91 Å². The van der Waals surface area contributed by atoms with E-state index in [0.29, 0.717) is 35.7 Å². The third-order valence-electron chi connectivity index (χ3n) is 3.99. The summed E-state index contributed by atoms with van der Waals surface area (Å²) in [6.07, 6.45) is 0.457. The molecule has 2 aromatic carbocycles. The maximum atomic E-state index is 12.1. The van der Waals surface area contributed by atoms with Crippen LogP contribution >= 0.6 is 0 Å². The molecule has 1 amide bonds. The molecule has 0 bridgehead atoms. The molecule has 1 heterocycles. The molecule has 9 heteroatoms. The van der Waals surface area contributed by atoms with Gasteiger partial charge in [0.1, 0.15) is 11.6 Å². The second-order valence-corrected chi connectivity index (χ2v) is 6.45. The van der Waals surface area contributed by atoms with Crippen molar-refractivity contribution in [1.82, 2.24) is 4.90 Å². The molecular weight excluding hydrogens is 374 g/mol. The van der Waals surface area contributed by atoms with Crippen LogP contribution in [0.1, 0.15) is 22.3 Å². The average molecular weight is 395 g/mol. The minimum atomic E-state index is -0.153. The molecule has 0 saturated heterocycles. The van der Waals surface area contributed by atoms with Crippen molar-refractivity contribution in [3.63, 3.8) is 0 Å². The van der Waals surface area contributed by atoms with Crippen LogP contribution in [-0.4, -0.2) is 54.3 Å². The minimum Gasteiger partial charge on any atom is -0.504 e. The standard InChI is InChI=1S/C20H21N5O4/c1-25(2)19(27)13-4-3-5-14(10-13)28-17-8-9-23-20(24-17)29-16-11-12(18(21)22)6-7-15(16)26/h3-7,10-11,26H,8-9H2,1-2H3,(H3,21,22). The lowest BCUT2D eigenvalue weighted by Gasteiger charge is -2.15. The van der Waals surface area contributed by atoms with E-state index in [9.17, 15) is 9.90 Å². The average Bonchev–Trinajstić information content (AvgIpc) is 2.69. The summed E-state index contributed by atoms with van der Waals surface area (Å²) in [5.74, 6) is 0.509. The minimum absolute atomic E-state index is 0.0165. The topological polar surface area (TPSA) is 134 Å². The molecule has 9 nitrogen and oxygen atoms in total. The van der Waals surface area contributed by atoms with Gasteiger partial charge in [-0.1, -0.05) is 6.07 Å². The number of nitrogens with one attached hydrogen (secondary N) is 1. The summed E-state index contributed by atoms with van der Waals surface area (Å²) in [6.45, 7) is 0.387. The molecule has 0 fully saturated rings. The Morgan fingerprint density at radius 3 is 2.69 bits per heavy atom. The van der Waals surface area contributed by atoms with Crippen molar-refractivity contribution in [2.24, 2.45) is 15.7 Å². The summed E-state index contributed by atoms with van der Waals surface area (Å²) >= 11 is 0. The molecule has 4 N–H and O–H groups in total. The lowest BCUT2D eigenvalue weighted by atomic mass is 10.2. The first-order valence-corrected chi connectivity index (χ1v) is 8.80. The fourth-order valence-corrected chi connectivity index (χ4v) is 2.52. The zero-order valence-electron chi connectivity index (χ0n) is 16.0. The van der Waals surface area contributed by atoms with Gasteiger partial charge in [-0.05, 0) is 36.4 Å². The van der Waals surface area contributed by atoms with E-state index < -0.39 is 0 Å². The molecule has 0 unspecified atom stereocenters. The molecule has 0 aliphatic carbocycles. The van der Waals surface area contributed by atoms with E-state index in [1.807, 2.05) is 0 Å². The predicted octanol–water partition coefficient (Wildman–Crippen LogP) is 1.99. The zero-order chi connectivity index (χ0) is 21.0. The summed E-state index contributed by atoms with van der Waals surface area (Å²) in [4.78, 5) is 22.0. The van der Waals surface area contributed by atoms with Gasteiger partial charge in [-0.3, -0.25) is 10.2 Å². The van der Waals surface area contributed by atoms with Gasteiger partial charge in [-0.15, -0.1) is 0 Å².